The topological polar surface area (TPSA) is 29.3 Å². The third-order valence-corrected chi connectivity index (χ3v) is 2.25. The largest absolute Gasteiger partial charge is 0.323 e. The van der Waals surface area contributed by atoms with Gasteiger partial charge in [0.05, 0.1) is 0 Å². The van der Waals surface area contributed by atoms with Crippen molar-refractivity contribution in [3.05, 3.63) is 34.9 Å². The van der Waals surface area contributed by atoms with Gasteiger partial charge in [0.25, 0.3) is 0 Å². The Morgan fingerprint density at radius 2 is 1.93 bits per heavy atom. The molecule has 2 nitrogen and oxygen atoms in total. The molecule has 0 saturated heterocycles. The number of likely N-dealkylation sites (N-methyl/N-ethyl adjacent to an activating group) is 1. The van der Waals surface area contributed by atoms with Gasteiger partial charge in [0.2, 0.25) is 0 Å². The molecule has 84 valence electrons. The molecule has 0 aliphatic heterocycles. The Morgan fingerprint density at radius 3 is 2.47 bits per heavy atom. The Balaban J connectivity index is 3.07. The second-order valence-electron chi connectivity index (χ2n) is 3.96. The summed E-state index contributed by atoms with van der Waals surface area (Å²) in [5, 5.41) is 0. The lowest BCUT2D eigenvalue weighted by atomic mass is 10.0. The summed E-state index contributed by atoms with van der Waals surface area (Å²) < 4.78 is 27.0. The number of nitrogens with zero attached hydrogens (tertiary/aromatic N) is 1. The molecule has 2 N–H and O–H groups in total. The first kappa shape index (κ1) is 12.1. The summed E-state index contributed by atoms with van der Waals surface area (Å²) in [7, 11) is 3.62. The molecule has 1 unspecified atom stereocenters. The standard InChI is InChI=1S/C11H16F2N2/c1-7-4-5-8(12)10(11(7)13)9(14)6-15(2)3/h4-5,9H,6,14H2,1-3H3. The van der Waals surface area contributed by atoms with Gasteiger partial charge in [-0.25, -0.2) is 8.78 Å². The number of nitrogens with two attached hydrogens (primary N) is 1. The van der Waals surface area contributed by atoms with Crippen LogP contribution >= 0.6 is 0 Å². The maximum Gasteiger partial charge on any atom is 0.133 e. The first-order valence-corrected chi connectivity index (χ1v) is 4.78. The van der Waals surface area contributed by atoms with Crippen LogP contribution in [0.25, 0.3) is 0 Å². The SMILES string of the molecule is Cc1ccc(F)c(C(N)CN(C)C)c1F. The Hall–Kier alpha value is -1.00. The fourth-order valence-corrected chi connectivity index (χ4v) is 1.50. The van der Waals surface area contributed by atoms with Crippen molar-refractivity contribution in [1.29, 1.82) is 0 Å². The minimum atomic E-state index is -0.639. The van der Waals surface area contributed by atoms with Gasteiger partial charge in [0.15, 0.2) is 0 Å². The molecule has 1 aromatic carbocycles. The van der Waals surface area contributed by atoms with Crippen molar-refractivity contribution in [1.82, 2.24) is 4.90 Å². The molecule has 0 aromatic heterocycles. The van der Waals surface area contributed by atoms with E-state index in [1.807, 2.05) is 14.1 Å². The molecule has 0 aliphatic carbocycles. The molecule has 0 amide bonds. The summed E-state index contributed by atoms with van der Waals surface area (Å²) >= 11 is 0. The molecule has 1 aromatic rings. The lowest BCUT2D eigenvalue weighted by Gasteiger charge is -2.19. The van der Waals surface area contributed by atoms with Gasteiger partial charge in [0, 0.05) is 18.2 Å². The maximum absolute atomic E-state index is 13.6. The van der Waals surface area contributed by atoms with Crippen LogP contribution < -0.4 is 5.73 Å². The van der Waals surface area contributed by atoms with Crippen LogP contribution in [0.4, 0.5) is 8.78 Å². The molecular weight excluding hydrogens is 198 g/mol. The summed E-state index contributed by atoms with van der Waals surface area (Å²) in [6.45, 7) is 2.01. The van der Waals surface area contributed by atoms with E-state index in [4.69, 9.17) is 5.73 Å². The van der Waals surface area contributed by atoms with Gasteiger partial charge in [-0.1, -0.05) is 6.07 Å². The zero-order valence-electron chi connectivity index (χ0n) is 9.22. The van der Waals surface area contributed by atoms with Crippen LogP contribution in [0.15, 0.2) is 12.1 Å². The van der Waals surface area contributed by atoms with Crippen molar-refractivity contribution in [2.45, 2.75) is 13.0 Å². The summed E-state index contributed by atoms with van der Waals surface area (Å²) in [6, 6.07) is 2.03. The van der Waals surface area contributed by atoms with E-state index < -0.39 is 17.7 Å². The van der Waals surface area contributed by atoms with E-state index in [1.165, 1.54) is 12.1 Å². The van der Waals surface area contributed by atoms with E-state index in [0.29, 0.717) is 12.1 Å². The van der Waals surface area contributed by atoms with E-state index in [9.17, 15) is 8.78 Å². The molecule has 0 bridgehead atoms. The van der Waals surface area contributed by atoms with Crippen molar-refractivity contribution >= 4 is 0 Å². The highest BCUT2D eigenvalue weighted by molar-refractivity contribution is 5.29. The van der Waals surface area contributed by atoms with Crippen LogP contribution in [0.5, 0.6) is 0 Å². The molecule has 0 fully saturated rings. The quantitative estimate of drug-likeness (QED) is 0.831. The molecule has 0 saturated carbocycles. The van der Waals surface area contributed by atoms with E-state index in [2.05, 4.69) is 0 Å². The fourth-order valence-electron chi connectivity index (χ4n) is 1.50. The fraction of sp³-hybridized carbons (Fsp3) is 0.455. The number of benzene rings is 1. The molecule has 15 heavy (non-hydrogen) atoms. The summed E-state index contributed by atoms with van der Waals surface area (Å²) in [4.78, 5) is 1.80. The van der Waals surface area contributed by atoms with Crippen LogP contribution in [0.3, 0.4) is 0 Å². The van der Waals surface area contributed by atoms with Crippen molar-refractivity contribution < 1.29 is 8.78 Å². The minimum Gasteiger partial charge on any atom is -0.323 e. The number of rotatable bonds is 3. The highest BCUT2D eigenvalue weighted by Crippen LogP contribution is 2.22. The monoisotopic (exact) mass is 214 g/mol. The molecule has 0 aliphatic rings. The molecule has 1 atom stereocenters. The second-order valence-corrected chi connectivity index (χ2v) is 3.96. The van der Waals surface area contributed by atoms with Gasteiger partial charge in [0.1, 0.15) is 11.6 Å². The number of hydrogen-bond donors (Lipinski definition) is 1. The van der Waals surface area contributed by atoms with Gasteiger partial charge >= 0.3 is 0 Å². The van der Waals surface area contributed by atoms with E-state index in [1.54, 1.807) is 11.8 Å². The Morgan fingerprint density at radius 1 is 1.33 bits per heavy atom. The van der Waals surface area contributed by atoms with Crippen molar-refractivity contribution in [3.63, 3.8) is 0 Å². The average Bonchev–Trinajstić information content (AvgIpc) is 2.11. The zero-order valence-corrected chi connectivity index (χ0v) is 9.22. The lowest BCUT2D eigenvalue weighted by Crippen LogP contribution is -2.27. The van der Waals surface area contributed by atoms with E-state index in [0.717, 1.165) is 0 Å². The number of halogens is 2. The van der Waals surface area contributed by atoms with Crippen LogP contribution in [-0.4, -0.2) is 25.5 Å². The lowest BCUT2D eigenvalue weighted by molar-refractivity contribution is 0.365. The van der Waals surface area contributed by atoms with Gasteiger partial charge in [-0.2, -0.15) is 0 Å². The molecule has 4 heteroatoms. The van der Waals surface area contributed by atoms with Crippen molar-refractivity contribution in [2.24, 2.45) is 5.73 Å². The van der Waals surface area contributed by atoms with E-state index in [-0.39, 0.29) is 5.56 Å². The molecule has 1 rings (SSSR count). The van der Waals surface area contributed by atoms with Gasteiger partial charge in [-0.3, -0.25) is 0 Å². The van der Waals surface area contributed by atoms with E-state index >= 15 is 0 Å². The van der Waals surface area contributed by atoms with Gasteiger partial charge < -0.3 is 10.6 Å². The Kier molecular flexibility index (Phi) is 3.77. The average molecular weight is 214 g/mol. The third-order valence-electron chi connectivity index (χ3n) is 2.25. The number of hydrogen-bond acceptors (Lipinski definition) is 2. The highest BCUT2D eigenvalue weighted by atomic mass is 19.1. The van der Waals surface area contributed by atoms with Gasteiger partial charge in [-0.05, 0) is 32.6 Å². The Bertz CT molecular complexity index is 351. The number of aryl methyl sites for hydroxylation is 1. The van der Waals surface area contributed by atoms with Crippen LogP contribution in [0.2, 0.25) is 0 Å². The van der Waals surface area contributed by atoms with Crippen LogP contribution in [0, 0.1) is 18.6 Å². The summed E-state index contributed by atoms with van der Waals surface area (Å²) in [6.07, 6.45) is 0. The van der Waals surface area contributed by atoms with Gasteiger partial charge in [-0.15, -0.1) is 0 Å². The smallest absolute Gasteiger partial charge is 0.133 e. The molecule has 0 radical (unpaired) electrons. The molecule has 0 heterocycles. The Labute approximate surface area is 88.7 Å². The van der Waals surface area contributed by atoms with Crippen molar-refractivity contribution in [3.8, 4) is 0 Å². The summed E-state index contributed by atoms with van der Waals surface area (Å²) in [5.41, 5.74) is 6.14. The zero-order chi connectivity index (χ0) is 11.6. The normalized spacial score (nSPS) is 13.3. The first-order chi connectivity index (χ1) is 6.93. The third kappa shape index (κ3) is 2.73. The maximum atomic E-state index is 13.6. The predicted octanol–water partition coefficient (Wildman–Crippen LogP) is 1.83. The highest BCUT2D eigenvalue weighted by Gasteiger charge is 2.18. The molecule has 0 spiro atoms. The second kappa shape index (κ2) is 4.68. The van der Waals surface area contributed by atoms with Crippen LogP contribution in [0.1, 0.15) is 17.2 Å². The molecular formula is C11H16F2N2. The van der Waals surface area contributed by atoms with Crippen molar-refractivity contribution in [2.75, 3.05) is 20.6 Å². The minimum absolute atomic E-state index is 0.0244. The van der Waals surface area contributed by atoms with Crippen LogP contribution in [-0.2, 0) is 0 Å². The first-order valence-electron chi connectivity index (χ1n) is 4.78. The predicted molar refractivity (Wildman–Crippen MR) is 56.6 cm³/mol. The summed E-state index contributed by atoms with van der Waals surface area (Å²) in [5.74, 6) is -1.11.